The number of ether oxygens (including phenoxy) is 1. The quantitative estimate of drug-likeness (QED) is 0.625. The molecule has 0 atom stereocenters. The summed E-state index contributed by atoms with van der Waals surface area (Å²) in [6.45, 7) is 1.67. The van der Waals surface area contributed by atoms with Crippen molar-refractivity contribution in [2.75, 3.05) is 27.2 Å². The molecule has 0 heterocycles. The summed E-state index contributed by atoms with van der Waals surface area (Å²) in [5.41, 5.74) is 0. The zero-order chi connectivity index (χ0) is 10.8. The van der Waals surface area contributed by atoms with E-state index >= 15 is 0 Å². The van der Waals surface area contributed by atoms with Crippen molar-refractivity contribution in [3.63, 3.8) is 0 Å². The topological polar surface area (TPSA) is 12.5 Å². The Morgan fingerprint density at radius 2 is 2.21 bits per heavy atom. The summed E-state index contributed by atoms with van der Waals surface area (Å²) in [5.74, 6) is 0.888. The van der Waals surface area contributed by atoms with Crippen LogP contribution in [0.4, 0.5) is 0 Å². The van der Waals surface area contributed by atoms with Gasteiger partial charge in [0, 0.05) is 12.3 Å². The molecule has 0 aliphatic carbocycles. The van der Waals surface area contributed by atoms with Crippen LogP contribution < -0.4 is 4.74 Å². The molecule has 2 nitrogen and oxygen atoms in total. The number of halogens is 1. The van der Waals surface area contributed by atoms with E-state index in [-0.39, 0.29) is 0 Å². The van der Waals surface area contributed by atoms with Crippen LogP contribution in [-0.4, -0.2) is 32.1 Å². The average Bonchev–Trinajstić information content (AvgIpc) is 2.22. The van der Waals surface area contributed by atoms with Crippen molar-refractivity contribution in [3.05, 3.63) is 30.3 Å². The van der Waals surface area contributed by atoms with E-state index in [2.05, 4.69) is 24.6 Å². The molecule has 0 fully saturated rings. The number of hydrogen-bond donors (Lipinski definition) is 0. The van der Waals surface area contributed by atoms with Crippen molar-refractivity contribution in [2.45, 2.75) is 0 Å². The molecule has 0 saturated carbocycles. The van der Waals surface area contributed by atoms with Crippen molar-refractivity contribution < 1.29 is 21.1 Å². The monoisotopic (exact) mass is 307 g/mol. The molecule has 0 radical (unpaired) electrons. The third-order valence-corrected chi connectivity index (χ3v) is 1.49. The first-order chi connectivity index (χ1) is 6.79. The van der Waals surface area contributed by atoms with E-state index in [1.165, 1.54) is 16.3 Å². The van der Waals surface area contributed by atoms with Crippen LogP contribution in [0, 0.1) is 6.07 Å². The zero-order valence-corrected chi connectivity index (χ0v) is 13.2. The Hall–Kier alpha value is 0.0834. The number of hydrogen-bond acceptors (Lipinski definition) is 2. The van der Waals surface area contributed by atoms with Gasteiger partial charge in [-0.15, -0.1) is 12.1 Å². The molecule has 1 aromatic carbocycles. The normalized spacial score (nSPS) is 9.29. The SMILES string of the molecule is CN(C)CCOc1c[c-]ccc1.[Zn+][Br]. The molecule has 0 amide bonds. The zero-order valence-electron chi connectivity index (χ0n) is 8.66. The molecule has 0 aliphatic heterocycles. The molecule has 74 valence electrons. The van der Waals surface area contributed by atoms with E-state index in [0.717, 1.165) is 18.9 Å². The van der Waals surface area contributed by atoms with Gasteiger partial charge < -0.3 is 9.64 Å². The number of likely N-dealkylation sites (N-methyl/N-ethyl adjacent to an activating group) is 1. The molecule has 0 aromatic heterocycles. The summed E-state index contributed by atoms with van der Waals surface area (Å²) >= 11 is 4.25. The first kappa shape index (κ1) is 14.1. The fourth-order valence-corrected chi connectivity index (χ4v) is 0.813. The third kappa shape index (κ3) is 7.48. The van der Waals surface area contributed by atoms with E-state index in [9.17, 15) is 0 Å². The molecule has 14 heavy (non-hydrogen) atoms. The summed E-state index contributed by atoms with van der Waals surface area (Å²) in [4.78, 5) is 2.09. The van der Waals surface area contributed by atoms with Gasteiger partial charge >= 0.3 is 30.0 Å². The van der Waals surface area contributed by atoms with E-state index in [1.807, 2.05) is 38.4 Å². The Balaban J connectivity index is 0.000000791. The van der Waals surface area contributed by atoms with E-state index < -0.39 is 0 Å². The molecular formula is C10H14BrNOZn. The Kier molecular flexibility index (Phi) is 9.69. The van der Waals surface area contributed by atoms with Gasteiger partial charge in [0.05, 0.1) is 6.61 Å². The minimum absolute atomic E-state index is 0.727. The van der Waals surface area contributed by atoms with Gasteiger partial charge in [0.25, 0.3) is 0 Å². The molecule has 0 saturated heterocycles. The molecule has 0 N–H and O–H groups in total. The minimum atomic E-state index is 0.727. The van der Waals surface area contributed by atoms with Crippen molar-refractivity contribution >= 4 is 13.6 Å². The maximum absolute atomic E-state index is 5.44. The van der Waals surface area contributed by atoms with Crippen molar-refractivity contribution in [3.8, 4) is 5.75 Å². The average molecular weight is 310 g/mol. The van der Waals surface area contributed by atoms with Crippen LogP contribution >= 0.6 is 13.6 Å². The van der Waals surface area contributed by atoms with Gasteiger partial charge in [-0.05, 0) is 14.1 Å². The van der Waals surface area contributed by atoms with Crippen molar-refractivity contribution in [2.24, 2.45) is 0 Å². The predicted molar refractivity (Wildman–Crippen MR) is 58.3 cm³/mol. The Bertz CT molecular complexity index is 219. The predicted octanol–water partition coefficient (Wildman–Crippen LogP) is 2.27. The van der Waals surface area contributed by atoms with Gasteiger partial charge in [-0.2, -0.15) is 18.2 Å². The van der Waals surface area contributed by atoms with Crippen LogP contribution in [0.25, 0.3) is 0 Å². The second kappa shape index (κ2) is 9.63. The van der Waals surface area contributed by atoms with Crippen molar-refractivity contribution in [1.82, 2.24) is 4.90 Å². The number of rotatable bonds is 4. The van der Waals surface area contributed by atoms with Crippen molar-refractivity contribution in [1.29, 1.82) is 0 Å². The van der Waals surface area contributed by atoms with Crippen LogP contribution in [0.5, 0.6) is 5.75 Å². The van der Waals surface area contributed by atoms with Gasteiger partial charge in [0.15, 0.2) is 0 Å². The molecule has 0 bridgehead atoms. The molecule has 0 aliphatic rings. The summed E-state index contributed by atoms with van der Waals surface area (Å²) < 4.78 is 5.44. The Labute approximate surface area is 103 Å². The van der Waals surface area contributed by atoms with E-state index in [1.54, 1.807) is 0 Å². The van der Waals surface area contributed by atoms with E-state index in [4.69, 9.17) is 4.74 Å². The Morgan fingerprint density at radius 1 is 1.50 bits per heavy atom. The molecular weight excluding hydrogens is 295 g/mol. The summed E-state index contributed by atoms with van der Waals surface area (Å²) in [6.07, 6.45) is 0. The maximum atomic E-state index is 5.44. The summed E-state index contributed by atoms with van der Waals surface area (Å²) in [6, 6.07) is 10.5. The van der Waals surface area contributed by atoms with E-state index in [0.29, 0.717) is 0 Å². The molecule has 0 unspecified atom stereocenters. The van der Waals surface area contributed by atoms with Gasteiger partial charge in [-0.25, -0.2) is 0 Å². The number of nitrogens with zero attached hydrogens (tertiary/aromatic N) is 1. The fraction of sp³-hybridized carbons (Fsp3) is 0.400. The molecule has 4 heteroatoms. The second-order valence-electron chi connectivity index (χ2n) is 2.89. The second-order valence-corrected chi connectivity index (χ2v) is 2.89. The van der Waals surface area contributed by atoms with Gasteiger partial charge in [0.2, 0.25) is 0 Å². The van der Waals surface area contributed by atoms with Crippen LogP contribution in [-0.2, 0) is 16.3 Å². The first-order valence-electron chi connectivity index (χ1n) is 4.29. The number of benzene rings is 1. The van der Waals surface area contributed by atoms with Crippen LogP contribution in [0.15, 0.2) is 24.3 Å². The molecule has 1 rings (SSSR count). The molecule has 1 aromatic rings. The van der Waals surface area contributed by atoms with Gasteiger partial charge in [-0.3, -0.25) is 0 Å². The first-order valence-corrected chi connectivity index (χ1v) is 11.2. The van der Waals surface area contributed by atoms with Gasteiger partial charge in [0.1, 0.15) is 0 Å². The van der Waals surface area contributed by atoms with Crippen LogP contribution in [0.2, 0.25) is 0 Å². The fourth-order valence-electron chi connectivity index (χ4n) is 0.813. The third-order valence-electron chi connectivity index (χ3n) is 1.49. The Morgan fingerprint density at radius 3 is 2.71 bits per heavy atom. The van der Waals surface area contributed by atoms with Crippen LogP contribution in [0.3, 0.4) is 0 Å². The van der Waals surface area contributed by atoms with Crippen LogP contribution in [0.1, 0.15) is 0 Å². The van der Waals surface area contributed by atoms with Gasteiger partial charge in [-0.1, -0.05) is 0 Å². The standard InChI is InChI=1S/C10H14NO.BrH.Zn/c1-11(2)8-9-12-10-6-4-3-5-7-10;;/h3-4,6-7H,8-9H2,1-2H3;1H;/q-1;;+2/p-1. The molecule has 0 spiro atoms. The summed E-state index contributed by atoms with van der Waals surface area (Å²) in [7, 11) is 4.06. The summed E-state index contributed by atoms with van der Waals surface area (Å²) in [5, 5.41) is 0.